The van der Waals surface area contributed by atoms with E-state index in [0.717, 1.165) is 41.2 Å². The summed E-state index contributed by atoms with van der Waals surface area (Å²) in [7, 11) is 6.02. The Kier molecular flexibility index (Phi) is 10.5. The van der Waals surface area contributed by atoms with Gasteiger partial charge in [0.25, 0.3) is 0 Å². The van der Waals surface area contributed by atoms with Crippen LogP contribution in [0.2, 0.25) is 0 Å². The van der Waals surface area contributed by atoms with Crippen molar-refractivity contribution < 1.29 is 4.74 Å². The predicted molar refractivity (Wildman–Crippen MR) is 126 cm³/mol. The number of hydrogen-bond acceptors (Lipinski definition) is 5. The van der Waals surface area contributed by atoms with Crippen molar-refractivity contribution in [1.29, 1.82) is 0 Å². The second-order valence-corrected chi connectivity index (χ2v) is 7.06. The van der Waals surface area contributed by atoms with Crippen molar-refractivity contribution in [1.82, 2.24) is 15.2 Å². The van der Waals surface area contributed by atoms with Crippen LogP contribution in [0, 0.1) is 6.92 Å². The first-order valence-corrected chi connectivity index (χ1v) is 9.68. The normalized spacial score (nSPS) is 10.9. The van der Waals surface area contributed by atoms with Gasteiger partial charge >= 0.3 is 0 Å². The molecule has 0 unspecified atom stereocenters. The van der Waals surface area contributed by atoms with Crippen molar-refractivity contribution in [3.63, 3.8) is 0 Å². The molecule has 6 nitrogen and oxygen atoms in total. The third-order valence-corrected chi connectivity index (χ3v) is 4.84. The lowest BCUT2D eigenvalue weighted by molar-refractivity contribution is 0.280. The molecule has 0 fully saturated rings. The highest BCUT2D eigenvalue weighted by Crippen LogP contribution is 2.18. The Hall–Kier alpha value is -1.55. The largest absolute Gasteiger partial charge is 0.491 e. The van der Waals surface area contributed by atoms with Crippen molar-refractivity contribution in [2.45, 2.75) is 20.4 Å². The molecule has 27 heavy (non-hydrogen) atoms. The number of halogens is 1. The average molecular weight is 503 g/mol. The van der Waals surface area contributed by atoms with Gasteiger partial charge in [-0.1, -0.05) is 18.2 Å². The van der Waals surface area contributed by atoms with E-state index in [1.165, 1.54) is 0 Å². The van der Waals surface area contributed by atoms with Crippen LogP contribution in [0.15, 0.2) is 34.6 Å². The summed E-state index contributed by atoms with van der Waals surface area (Å²) in [6, 6.07) is 8.07. The first-order valence-electron chi connectivity index (χ1n) is 8.80. The summed E-state index contributed by atoms with van der Waals surface area (Å²) in [5.74, 6) is 1.79. The lowest BCUT2D eigenvalue weighted by Gasteiger charge is -2.22. The number of ether oxygens (including phenoxy) is 1. The molecule has 0 aliphatic heterocycles. The van der Waals surface area contributed by atoms with Crippen LogP contribution in [0.1, 0.15) is 18.2 Å². The fourth-order valence-corrected chi connectivity index (χ4v) is 3.07. The first-order chi connectivity index (χ1) is 12.5. The number of rotatable bonds is 8. The number of anilines is 1. The molecule has 0 aliphatic rings. The topological polar surface area (TPSA) is 53.0 Å². The van der Waals surface area contributed by atoms with Crippen LogP contribution in [-0.2, 0) is 6.54 Å². The molecule has 0 spiro atoms. The van der Waals surface area contributed by atoms with E-state index in [2.05, 4.69) is 40.5 Å². The molecule has 0 atom stereocenters. The Morgan fingerprint density at radius 2 is 2.00 bits per heavy atom. The van der Waals surface area contributed by atoms with Gasteiger partial charge < -0.3 is 19.9 Å². The number of para-hydroxylation sites is 1. The van der Waals surface area contributed by atoms with Gasteiger partial charge in [0.2, 0.25) is 0 Å². The second kappa shape index (κ2) is 12.0. The lowest BCUT2D eigenvalue weighted by Crippen LogP contribution is -2.40. The van der Waals surface area contributed by atoms with E-state index >= 15 is 0 Å². The monoisotopic (exact) mass is 503 g/mol. The molecule has 0 bridgehead atoms. The number of likely N-dealkylation sites (N-methyl/N-ethyl adjacent to an activating group) is 1. The molecule has 0 radical (unpaired) electrons. The van der Waals surface area contributed by atoms with Gasteiger partial charge in [-0.15, -0.1) is 35.3 Å². The van der Waals surface area contributed by atoms with E-state index in [-0.39, 0.29) is 24.0 Å². The number of aliphatic imine (C=N–C) groups is 1. The van der Waals surface area contributed by atoms with Gasteiger partial charge in [0.15, 0.2) is 11.1 Å². The SMILES string of the molecule is CCNC(=NCc1csc(N(C)C)n1)N(C)CCOc1ccccc1C.I. The van der Waals surface area contributed by atoms with Gasteiger partial charge in [-0.3, -0.25) is 0 Å². The maximum Gasteiger partial charge on any atom is 0.194 e. The van der Waals surface area contributed by atoms with Crippen LogP contribution in [0.3, 0.4) is 0 Å². The van der Waals surface area contributed by atoms with Gasteiger partial charge in [-0.25, -0.2) is 9.98 Å². The average Bonchev–Trinajstić information content (AvgIpc) is 3.09. The summed E-state index contributed by atoms with van der Waals surface area (Å²) < 4.78 is 5.89. The van der Waals surface area contributed by atoms with Gasteiger partial charge in [0.1, 0.15) is 12.4 Å². The Labute approximate surface area is 183 Å². The lowest BCUT2D eigenvalue weighted by atomic mass is 10.2. The third kappa shape index (κ3) is 7.53. The number of thiazole rings is 1. The zero-order chi connectivity index (χ0) is 18.9. The Bertz CT molecular complexity index is 720. The highest BCUT2D eigenvalue weighted by atomic mass is 127. The van der Waals surface area contributed by atoms with Crippen LogP contribution < -0.4 is 15.0 Å². The molecule has 0 amide bonds. The summed E-state index contributed by atoms with van der Waals surface area (Å²) in [5, 5.41) is 6.39. The maximum absolute atomic E-state index is 5.89. The molecule has 1 heterocycles. The summed E-state index contributed by atoms with van der Waals surface area (Å²) in [4.78, 5) is 13.4. The predicted octanol–water partition coefficient (Wildman–Crippen LogP) is 3.61. The summed E-state index contributed by atoms with van der Waals surface area (Å²) in [6.45, 7) is 6.87. The van der Waals surface area contributed by atoms with Crippen molar-refractivity contribution in [2.75, 3.05) is 45.7 Å². The molecular formula is C19H30IN5OS. The van der Waals surface area contributed by atoms with Crippen molar-refractivity contribution in [3.8, 4) is 5.75 Å². The smallest absolute Gasteiger partial charge is 0.194 e. The third-order valence-electron chi connectivity index (χ3n) is 3.79. The van der Waals surface area contributed by atoms with Crippen LogP contribution in [0.4, 0.5) is 5.13 Å². The zero-order valence-electron chi connectivity index (χ0n) is 16.7. The minimum absolute atomic E-state index is 0. The molecule has 2 rings (SSSR count). The van der Waals surface area contributed by atoms with Crippen molar-refractivity contribution in [3.05, 3.63) is 40.9 Å². The molecule has 0 saturated heterocycles. The number of nitrogens with zero attached hydrogens (tertiary/aromatic N) is 4. The number of aromatic nitrogens is 1. The molecule has 1 aromatic carbocycles. The van der Waals surface area contributed by atoms with E-state index in [9.17, 15) is 0 Å². The van der Waals surface area contributed by atoms with Crippen LogP contribution in [0.5, 0.6) is 5.75 Å². The number of hydrogen-bond donors (Lipinski definition) is 1. The maximum atomic E-state index is 5.89. The molecule has 2 aromatic rings. The fraction of sp³-hybridized carbons (Fsp3) is 0.474. The minimum atomic E-state index is 0. The Morgan fingerprint density at radius 1 is 1.26 bits per heavy atom. The minimum Gasteiger partial charge on any atom is -0.491 e. The number of aryl methyl sites for hydroxylation is 1. The van der Waals surface area contributed by atoms with Crippen molar-refractivity contribution >= 4 is 46.4 Å². The quantitative estimate of drug-likeness (QED) is 0.339. The molecule has 0 saturated carbocycles. The van der Waals surface area contributed by atoms with E-state index in [1.807, 2.05) is 44.2 Å². The fourth-order valence-electron chi connectivity index (χ4n) is 2.32. The van der Waals surface area contributed by atoms with Gasteiger partial charge in [0, 0.05) is 33.1 Å². The van der Waals surface area contributed by atoms with Crippen molar-refractivity contribution in [2.24, 2.45) is 4.99 Å². The number of benzene rings is 1. The second-order valence-electron chi connectivity index (χ2n) is 6.22. The number of guanidine groups is 1. The van der Waals surface area contributed by atoms with E-state index in [1.54, 1.807) is 11.3 Å². The first kappa shape index (κ1) is 23.5. The van der Waals surface area contributed by atoms with Gasteiger partial charge in [0.05, 0.1) is 18.8 Å². The molecule has 1 aromatic heterocycles. The van der Waals surface area contributed by atoms with E-state index < -0.39 is 0 Å². The number of nitrogens with one attached hydrogen (secondary N) is 1. The zero-order valence-corrected chi connectivity index (χ0v) is 19.9. The molecule has 150 valence electrons. The highest BCUT2D eigenvalue weighted by Gasteiger charge is 2.08. The van der Waals surface area contributed by atoms with Crippen LogP contribution in [-0.4, -0.2) is 56.7 Å². The standard InChI is InChI=1S/C19H29N5OS.HI/c1-6-20-18(21-13-16-14-26-19(22-16)23(3)4)24(5)11-12-25-17-10-8-7-9-15(17)2;/h7-10,14H,6,11-13H2,1-5H3,(H,20,21);1H. The Morgan fingerprint density at radius 3 is 2.63 bits per heavy atom. The Balaban J connectivity index is 0.00000364. The summed E-state index contributed by atoms with van der Waals surface area (Å²) in [6.07, 6.45) is 0. The van der Waals surface area contributed by atoms with Crippen LogP contribution >= 0.6 is 35.3 Å². The molecule has 1 N–H and O–H groups in total. The van der Waals surface area contributed by atoms with Crippen LogP contribution in [0.25, 0.3) is 0 Å². The molecule has 8 heteroatoms. The van der Waals surface area contributed by atoms with Gasteiger partial charge in [-0.2, -0.15) is 0 Å². The highest BCUT2D eigenvalue weighted by molar-refractivity contribution is 14.0. The van der Waals surface area contributed by atoms with Gasteiger partial charge in [-0.05, 0) is 25.5 Å². The summed E-state index contributed by atoms with van der Waals surface area (Å²) >= 11 is 1.64. The van der Waals surface area contributed by atoms with E-state index in [4.69, 9.17) is 9.73 Å². The molecular weight excluding hydrogens is 473 g/mol. The summed E-state index contributed by atoms with van der Waals surface area (Å²) in [5.41, 5.74) is 2.13. The molecule has 0 aliphatic carbocycles. The van der Waals surface area contributed by atoms with E-state index in [0.29, 0.717) is 13.2 Å².